The van der Waals surface area contributed by atoms with E-state index in [-0.39, 0.29) is 0 Å². The van der Waals surface area contributed by atoms with Gasteiger partial charge in [0.25, 0.3) is 0 Å². The minimum Gasteiger partial charge on any atom is -0.207 e. The van der Waals surface area contributed by atoms with Crippen LogP contribution in [-0.4, -0.2) is 0 Å². The van der Waals surface area contributed by atoms with E-state index >= 15 is 0 Å². The molecule has 0 N–H and O–H groups in total. The number of halogens is 2. The lowest BCUT2D eigenvalue weighted by molar-refractivity contribution is 0.581. The van der Waals surface area contributed by atoms with E-state index in [9.17, 15) is 8.78 Å². The summed E-state index contributed by atoms with van der Waals surface area (Å²) in [5.74, 6) is -1.11. The standard InChI is InChI=1S/C14H10F2/c15-13-9-8-12(14(16)10-13)7-6-11-4-2-1-3-5-11/h1-10H/b7-6-. The van der Waals surface area contributed by atoms with Gasteiger partial charge in [-0.15, -0.1) is 0 Å². The number of rotatable bonds is 2. The van der Waals surface area contributed by atoms with Crippen LogP contribution in [0.4, 0.5) is 8.78 Å². The molecule has 80 valence electrons. The first-order chi connectivity index (χ1) is 7.75. The minimum absolute atomic E-state index is 0.380. The highest BCUT2D eigenvalue weighted by Crippen LogP contribution is 2.13. The molecule has 2 aromatic carbocycles. The summed E-state index contributed by atoms with van der Waals surface area (Å²) in [5, 5.41) is 0. The molecule has 2 aromatic rings. The highest BCUT2D eigenvalue weighted by Gasteiger charge is 1.99. The van der Waals surface area contributed by atoms with E-state index in [0.717, 1.165) is 11.6 Å². The summed E-state index contributed by atoms with van der Waals surface area (Å²) in [4.78, 5) is 0. The van der Waals surface area contributed by atoms with Crippen LogP contribution < -0.4 is 0 Å². The molecule has 0 bridgehead atoms. The second-order valence-corrected chi connectivity index (χ2v) is 3.41. The Morgan fingerprint density at radius 2 is 1.56 bits per heavy atom. The Balaban J connectivity index is 2.24. The average molecular weight is 216 g/mol. The monoisotopic (exact) mass is 216 g/mol. The molecule has 0 aromatic heterocycles. The van der Waals surface area contributed by atoms with E-state index < -0.39 is 11.6 Å². The lowest BCUT2D eigenvalue weighted by atomic mass is 10.1. The normalized spacial score (nSPS) is 10.9. The van der Waals surface area contributed by atoms with Crippen LogP contribution in [0.15, 0.2) is 48.5 Å². The third-order valence-corrected chi connectivity index (χ3v) is 2.22. The molecular formula is C14H10F2. The summed E-state index contributed by atoms with van der Waals surface area (Å²) in [6, 6.07) is 13.1. The molecule has 16 heavy (non-hydrogen) atoms. The molecule has 0 aliphatic carbocycles. The molecule has 0 heterocycles. The van der Waals surface area contributed by atoms with Crippen molar-refractivity contribution in [3.8, 4) is 0 Å². The maximum Gasteiger partial charge on any atom is 0.133 e. The number of benzene rings is 2. The Labute approximate surface area is 92.9 Å². The van der Waals surface area contributed by atoms with E-state index in [1.54, 1.807) is 12.2 Å². The first kappa shape index (κ1) is 10.6. The third kappa shape index (κ3) is 2.54. The molecule has 0 spiro atoms. The maximum absolute atomic E-state index is 13.3. The van der Waals surface area contributed by atoms with Gasteiger partial charge in [-0.3, -0.25) is 0 Å². The molecule has 0 unspecified atom stereocenters. The molecule has 0 fully saturated rings. The maximum atomic E-state index is 13.3. The molecule has 0 aliphatic rings. The Hall–Kier alpha value is -1.96. The van der Waals surface area contributed by atoms with Gasteiger partial charge >= 0.3 is 0 Å². The van der Waals surface area contributed by atoms with Crippen LogP contribution in [0.25, 0.3) is 12.2 Å². The summed E-state index contributed by atoms with van der Waals surface area (Å²) in [6.45, 7) is 0. The van der Waals surface area contributed by atoms with E-state index in [4.69, 9.17) is 0 Å². The molecule has 2 rings (SSSR count). The van der Waals surface area contributed by atoms with Crippen molar-refractivity contribution in [2.45, 2.75) is 0 Å². The molecule has 0 amide bonds. The van der Waals surface area contributed by atoms with Crippen LogP contribution in [0.1, 0.15) is 11.1 Å². The van der Waals surface area contributed by atoms with Crippen LogP contribution in [0.5, 0.6) is 0 Å². The van der Waals surface area contributed by atoms with Gasteiger partial charge in [-0.2, -0.15) is 0 Å². The van der Waals surface area contributed by atoms with Gasteiger partial charge in [0, 0.05) is 11.6 Å². The molecule has 0 radical (unpaired) electrons. The second-order valence-electron chi connectivity index (χ2n) is 3.41. The molecule has 0 atom stereocenters. The lowest BCUT2D eigenvalue weighted by Gasteiger charge is -1.97. The quantitative estimate of drug-likeness (QED) is 0.662. The first-order valence-corrected chi connectivity index (χ1v) is 4.94. The fourth-order valence-electron chi connectivity index (χ4n) is 1.39. The first-order valence-electron chi connectivity index (χ1n) is 4.94. The van der Waals surface area contributed by atoms with Crippen LogP contribution in [0.3, 0.4) is 0 Å². The summed E-state index contributed by atoms with van der Waals surface area (Å²) in [7, 11) is 0. The predicted octanol–water partition coefficient (Wildman–Crippen LogP) is 4.14. The largest absolute Gasteiger partial charge is 0.207 e. The average Bonchev–Trinajstić information content (AvgIpc) is 2.29. The van der Waals surface area contributed by atoms with Gasteiger partial charge in [-0.1, -0.05) is 42.5 Å². The number of hydrogen-bond acceptors (Lipinski definition) is 0. The SMILES string of the molecule is Fc1ccc(/C=C\c2ccccc2)c(F)c1. The van der Waals surface area contributed by atoms with Crippen molar-refractivity contribution < 1.29 is 8.78 Å². The zero-order valence-corrected chi connectivity index (χ0v) is 8.53. The summed E-state index contributed by atoms with van der Waals surface area (Å²) in [6.07, 6.45) is 3.42. The Kier molecular flexibility index (Phi) is 3.10. The Morgan fingerprint density at radius 3 is 2.25 bits per heavy atom. The summed E-state index contributed by atoms with van der Waals surface area (Å²) < 4.78 is 25.9. The fourth-order valence-corrected chi connectivity index (χ4v) is 1.39. The van der Waals surface area contributed by atoms with Gasteiger partial charge in [0.1, 0.15) is 11.6 Å². The third-order valence-electron chi connectivity index (χ3n) is 2.22. The van der Waals surface area contributed by atoms with Crippen LogP contribution in [0.2, 0.25) is 0 Å². The van der Waals surface area contributed by atoms with Crippen LogP contribution in [-0.2, 0) is 0 Å². The van der Waals surface area contributed by atoms with E-state index in [1.807, 2.05) is 30.3 Å². The second kappa shape index (κ2) is 4.71. The molecule has 0 saturated heterocycles. The fraction of sp³-hybridized carbons (Fsp3) is 0. The van der Waals surface area contributed by atoms with Gasteiger partial charge in [0.05, 0.1) is 0 Å². The van der Waals surface area contributed by atoms with Crippen molar-refractivity contribution >= 4 is 12.2 Å². The highest BCUT2D eigenvalue weighted by molar-refractivity contribution is 5.69. The van der Waals surface area contributed by atoms with E-state index in [2.05, 4.69) is 0 Å². The van der Waals surface area contributed by atoms with Gasteiger partial charge < -0.3 is 0 Å². The minimum atomic E-state index is -0.561. The van der Waals surface area contributed by atoms with E-state index in [0.29, 0.717) is 5.56 Å². The molecular weight excluding hydrogens is 206 g/mol. The van der Waals surface area contributed by atoms with Crippen molar-refractivity contribution in [1.82, 2.24) is 0 Å². The predicted molar refractivity (Wildman–Crippen MR) is 61.7 cm³/mol. The molecule has 0 aliphatic heterocycles. The molecule has 2 heteroatoms. The molecule has 0 saturated carbocycles. The van der Waals surface area contributed by atoms with Crippen LogP contribution in [0, 0.1) is 11.6 Å². The van der Waals surface area contributed by atoms with Crippen molar-refractivity contribution in [2.24, 2.45) is 0 Å². The van der Waals surface area contributed by atoms with Gasteiger partial charge in [-0.25, -0.2) is 8.78 Å². The number of hydrogen-bond donors (Lipinski definition) is 0. The zero-order valence-electron chi connectivity index (χ0n) is 8.53. The van der Waals surface area contributed by atoms with Crippen molar-refractivity contribution in [2.75, 3.05) is 0 Å². The summed E-state index contributed by atoms with van der Waals surface area (Å²) >= 11 is 0. The van der Waals surface area contributed by atoms with Gasteiger partial charge in [0.2, 0.25) is 0 Å². The van der Waals surface area contributed by atoms with Crippen LogP contribution >= 0.6 is 0 Å². The topological polar surface area (TPSA) is 0 Å². The van der Waals surface area contributed by atoms with Gasteiger partial charge in [0.15, 0.2) is 0 Å². The Morgan fingerprint density at radius 1 is 0.812 bits per heavy atom. The smallest absolute Gasteiger partial charge is 0.133 e. The van der Waals surface area contributed by atoms with Crippen molar-refractivity contribution in [3.05, 3.63) is 71.3 Å². The summed E-state index contributed by atoms with van der Waals surface area (Å²) in [5.41, 5.74) is 1.36. The lowest BCUT2D eigenvalue weighted by Crippen LogP contribution is -1.83. The van der Waals surface area contributed by atoms with Crippen molar-refractivity contribution in [1.29, 1.82) is 0 Å². The van der Waals surface area contributed by atoms with E-state index in [1.165, 1.54) is 12.1 Å². The molecule has 0 nitrogen and oxygen atoms in total. The van der Waals surface area contributed by atoms with Gasteiger partial charge in [-0.05, 0) is 17.7 Å². The Bertz CT molecular complexity index is 501. The zero-order chi connectivity index (χ0) is 11.4. The van der Waals surface area contributed by atoms with Crippen molar-refractivity contribution in [3.63, 3.8) is 0 Å². The highest BCUT2D eigenvalue weighted by atomic mass is 19.1.